The van der Waals surface area contributed by atoms with Crippen LogP contribution < -0.4 is 0 Å². The molecule has 41 heavy (non-hydrogen) atoms. The lowest BCUT2D eigenvalue weighted by atomic mass is 9.86. The number of hydrogen-bond donors (Lipinski definition) is 0. The number of nitrogens with zero attached hydrogens (tertiary/aromatic N) is 4. The molecule has 0 spiro atoms. The molecule has 3 atom stereocenters. The number of hydrogen-bond acceptors (Lipinski definition) is 3. The topological polar surface area (TPSA) is 51.0 Å². The van der Waals surface area contributed by atoms with Crippen LogP contribution in [0.3, 0.4) is 0 Å². The van der Waals surface area contributed by atoms with Crippen LogP contribution in [0.2, 0.25) is 0 Å². The lowest BCUT2D eigenvalue weighted by Gasteiger charge is -2.26. The van der Waals surface area contributed by atoms with Crippen molar-refractivity contribution in [2.24, 2.45) is 5.92 Å². The number of piperidine rings is 1. The van der Waals surface area contributed by atoms with Gasteiger partial charge in [0, 0.05) is 36.0 Å². The number of benzene rings is 3. The van der Waals surface area contributed by atoms with Crippen LogP contribution in [0.25, 0.3) is 16.6 Å². The summed E-state index contributed by atoms with van der Waals surface area (Å²) in [5.74, 6) is -0.890. The van der Waals surface area contributed by atoms with E-state index in [0.29, 0.717) is 6.54 Å². The summed E-state index contributed by atoms with van der Waals surface area (Å²) in [6.45, 7) is 2.62. The molecule has 206 valence electrons. The summed E-state index contributed by atoms with van der Waals surface area (Å²) in [6.07, 6.45) is -1.70. The average molecular weight is 557 g/mol. The molecule has 0 unspecified atom stereocenters. The molecule has 0 N–H and O–H groups in total. The van der Waals surface area contributed by atoms with E-state index < -0.39 is 28.8 Å². The van der Waals surface area contributed by atoms with Gasteiger partial charge < -0.3 is 4.90 Å². The van der Waals surface area contributed by atoms with Crippen molar-refractivity contribution in [3.05, 3.63) is 125 Å². The van der Waals surface area contributed by atoms with Crippen molar-refractivity contribution in [1.29, 1.82) is 0 Å². The van der Waals surface area contributed by atoms with Crippen LogP contribution in [0.5, 0.6) is 0 Å². The number of halogens is 4. The van der Waals surface area contributed by atoms with Crippen molar-refractivity contribution < 1.29 is 22.4 Å². The smallest absolute Gasteiger partial charge is 0.336 e. The molecule has 5 aromatic rings. The average Bonchev–Trinajstić information content (AvgIpc) is 3.22. The number of carbonyl (C=O) groups is 1. The van der Waals surface area contributed by atoms with E-state index in [1.165, 1.54) is 29.3 Å². The molecule has 2 fully saturated rings. The van der Waals surface area contributed by atoms with Gasteiger partial charge in [-0.1, -0.05) is 30.3 Å². The molecule has 9 heteroatoms. The Balaban J connectivity index is 1.30. The third-order valence-corrected chi connectivity index (χ3v) is 8.63. The maximum Gasteiger partial charge on any atom is 0.418 e. The Morgan fingerprint density at radius 1 is 1.00 bits per heavy atom. The summed E-state index contributed by atoms with van der Waals surface area (Å²) in [5.41, 5.74) is 2.72. The van der Waals surface area contributed by atoms with Crippen LogP contribution in [-0.2, 0) is 11.6 Å². The van der Waals surface area contributed by atoms with Gasteiger partial charge in [-0.15, -0.1) is 0 Å². The summed E-state index contributed by atoms with van der Waals surface area (Å²) < 4.78 is 56.4. The van der Waals surface area contributed by atoms with Gasteiger partial charge in [0.2, 0.25) is 0 Å². The predicted octanol–water partition coefficient (Wildman–Crippen LogP) is 6.69. The Kier molecular flexibility index (Phi) is 5.58. The van der Waals surface area contributed by atoms with Gasteiger partial charge in [0.05, 0.1) is 23.0 Å². The van der Waals surface area contributed by atoms with Crippen LogP contribution in [0.4, 0.5) is 17.6 Å². The quantitative estimate of drug-likeness (QED) is 0.232. The third-order valence-electron chi connectivity index (χ3n) is 8.63. The van der Waals surface area contributed by atoms with Crippen LogP contribution in [0.15, 0.2) is 91.3 Å². The number of rotatable bonds is 4. The zero-order chi connectivity index (χ0) is 28.5. The molecular formula is C32H24F4N4O. The molecule has 1 aliphatic heterocycles. The molecule has 1 aliphatic carbocycles. The van der Waals surface area contributed by atoms with Gasteiger partial charge in [0.1, 0.15) is 11.5 Å². The SMILES string of the molecule is Cc1cc2c(cnn2-c2ccc(F)cc2)cc1[C@@]12CN(C(=O)c3ncccc3C(F)(F)F)C[C@@H]1[C@H]2c1ccccc1. The summed E-state index contributed by atoms with van der Waals surface area (Å²) in [7, 11) is 0. The van der Waals surface area contributed by atoms with Crippen molar-refractivity contribution in [2.75, 3.05) is 13.1 Å². The molecule has 1 amide bonds. The Morgan fingerprint density at radius 2 is 1.76 bits per heavy atom. The van der Waals surface area contributed by atoms with E-state index in [0.717, 1.165) is 39.3 Å². The maximum atomic E-state index is 13.7. The molecule has 3 heterocycles. The monoisotopic (exact) mass is 556 g/mol. The lowest BCUT2D eigenvalue weighted by molar-refractivity contribution is -0.138. The largest absolute Gasteiger partial charge is 0.418 e. The van der Waals surface area contributed by atoms with Gasteiger partial charge in [-0.3, -0.25) is 9.78 Å². The second-order valence-corrected chi connectivity index (χ2v) is 10.9. The first-order chi connectivity index (χ1) is 19.7. The van der Waals surface area contributed by atoms with Gasteiger partial charge >= 0.3 is 6.18 Å². The van der Waals surface area contributed by atoms with E-state index in [9.17, 15) is 22.4 Å². The van der Waals surface area contributed by atoms with E-state index in [4.69, 9.17) is 0 Å². The van der Waals surface area contributed by atoms with E-state index >= 15 is 0 Å². The zero-order valence-electron chi connectivity index (χ0n) is 21.9. The summed E-state index contributed by atoms with van der Waals surface area (Å²) in [6, 6.07) is 22.4. The van der Waals surface area contributed by atoms with E-state index in [1.807, 2.05) is 31.2 Å². The Hall–Kier alpha value is -4.53. The van der Waals surface area contributed by atoms with Crippen LogP contribution in [0, 0.1) is 18.7 Å². The summed E-state index contributed by atoms with van der Waals surface area (Å²) in [5, 5.41) is 5.43. The minimum Gasteiger partial charge on any atom is -0.336 e. The fourth-order valence-electron chi connectivity index (χ4n) is 6.84. The van der Waals surface area contributed by atoms with Crippen molar-refractivity contribution in [3.63, 3.8) is 0 Å². The standard InChI is InChI=1S/C32H24F4N4O/c1-19-14-27-21(16-38-40(27)23-11-9-22(33)10-12-23)15-25(19)31-18-39(17-26(31)28(31)20-6-3-2-4-7-20)30(41)29-24(32(34,35)36)8-5-13-37-29/h2-16,26,28H,17-18H2,1H3/t26-,28-,31+/m1/s1. The molecule has 2 aromatic heterocycles. The normalized spacial score (nSPS) is 21.7. The van der Waals surface area contributed by atoms with Crippen molar-refractivity contribution in [3.8, 4) is 5.69 Å². The molecule has 0 radical (unpaired) electrons. The van der Waals surface area contributed by atoms with Gasteiger partial charge in [0.15, 0.2) is 0 Å². The first-order valence-corrected chi connectivity index (χ1v) is 13.3. The molecule has 5 nitrogen and oxygen atoms in total. The van der Waals surface area contributed by atoms with Crippen molar-refractivity contribution in [1.82, 2.24) is 19.7 Å². The molecule has 0 bridgehead atoms. The van der Waals surface area contributed by atoms with Gasteiger partial charge in [0.25, 0.3) is 5.91 Å². The highest BCUT2D eigenvalue weighted by Gasteiger charge is 2.71. The van der Waals surface area contributed by atoms with E-state index in [2.05, 4.69) is 28.3 Å². The predicted molar refractivity (Wildman–Crippen MR) is 145 cm³/mol. The number of likely N-dealkylation sites (tertiary alicyclic amines) is 1. The molecular weight excluding hydrogens is 532 g/mol. The number of amides is 1. The fraction of sp³-hybridized carbons (Fsp3) is 0.219. The number of aromatic nitrogens is 3. The summed E-state index contributed by atoms with van der Waals surface area (Å²) in [4.78, 5) is 18.9. The van der Waals surface area contributed by atoms with Crippen LogP contribution in [0.1, 0.15) is 38.7 Å². The molecule has 1 saturated heterocycles. The summed E-state index contributed by atoms with van der Waals surface area (Å²) >= 11 is 0. The Bertz CT molecular complexity index is 1800. The minimum atomic E-state index is -4.68. The first kappa shape index (κ1) is 25.4. The Labute approximate surface area is 233 Å². The number of alkyl halides is 3. The number of pyridine rings is 1. The number of carbonyl (C=O) groups excluding carboxylic acids is 1. The molecule has 2 aliphatic rings. The molecule has 3 aromatic carbocycles. The highest BCUT2D eigenvalue weighted by atomic mass is 19.4. The van der Waals surface area contributed by atoms with Crippen LogP contribution in [-0.4, -0.2) is 38.7 Å². The fourth-order valence-corrected chi connectivity index (χ4v) is 6.84. The third kappa shape index (κ3) is 3.94. The first-order valence-electron chi connectivity index (χ1n) is 13.3. The van der Waals surface area contributed by atoms with Gasteiger partial charge in [-0.2, -0.15) is 18.3 Å². The van der Waals surface area contributed by atoms with Crippen LogP contribution >= 0.6 is 0 Å². The number of fused-ring (bicyclic) bond motifs is 2. The van der Waals surface area contributed by atoms with Gasteiger partial charge in [-0.05, 0) is 78.1 Å². The molecule has 7 rings (SSSR count). The van der Waals surface area contributed by atoms with E-state index in [-0.39, 0.29) is 24.2 Å². The highest BCUT2D eigenvalue weighted by Crippen LogP contribution is 2.70. The molecule has 1 saturated carbocycles. The van der Waals surface area contributed by atoms with E-state index in [1.54, 1.807) is 23.0 Å². The minimum absolute atomic E-state index is 0.0372. The Morgan fingerprint density at radius 3 is 2.49 bits per heavy atom. The van der Waals surface area contributed by atoms with Crippen molar-refractivity contribution in [2.45, 2.75) is 24.4 Å². The van der Waals surface area contributed by atoms with Gasteiger partial charge in [-0.25, -0.2) is 9.07 Å². The second kappa shape index (κ2) is 8.99. The zero-order valence-corrected chi connectivity index (χ0v) is 21.9. The number of aryl methyl sites for hydroxylation is 1. The highest BCUT2D eigenvalue weighted by molar-refractivity contribution is 5.95. The van der Waals surface area contributed by atoms with Crippen molar-refractivity contribution >= 4 is 16.8 Å². The maximum absolute atomic E-state index is 13.7. The lowest BCUT2D eigenvalue weighted by Crippen LogP contribution is -2.36. The second-order valence-electron chi connectivity index (χ2n) is 10.9.